The lowest BCUT2D eigenvalue weighted by molar-refractivity contribution is -0.137. The van der Waals surface area contributed by atoms with Gasteiger partial charge in [-0.25, -0.2) is 5.06 Å². The van der Waals surface area contributed by atoms with Gasteiger partial charge in [0.25, 0.3) is 0 Å². The summed E-state index contributed by atoms with van der Waals surface area (Å²) in [5.41, 5.74) is 1.23. The highest BCUT2D eigenvalue weighted by molar-refractivity contribution is 6.31. The van der Waals surface area contributed by atoms with Gasteiger partial charge in [-0.05, 0) is 48.9 Å². The van der Waals surface area contributed by atoms with Crippen molar-refractivity contribution in [2.24, 2.45) is 0 Å². The molecule has 0 fully saturated rings. The van der Waals surface area contributed by atoms with Crippen LogP contribution in [0.4, 0.5) is 24.5 Å². The minimum atomic E-state index is -4.36. The molecule has 0 aliphatic heterocycles. The van der Waals surface area contributed by atoms with Crippen molar-refractivity contribution in [3.63, 3.8) is 0 Å². The molecule has 0 aromatic heterocycles. The number of alkyl halides is 3. The predicted octanol–water partition coefficient (Wildman–Crippen LogP) is 5.37. The second kappa shape index (κ2) is 5.95. The van der Waals surface area contributed by atoms with Gasteiger partial charge in [0, 0.05) is 5.02 Å². The zero-order valence-electron chi connectivity index (χ0n) is 11.4. The fourth-order valence-corrected chi connectivity index (χ4v) is 2.11. The highest BCUT2D eigenvalue weighted by atomic mass is 35.5. The van der Waals surface area contributed by atoms with Gasteiger partial charge in [0.2, 0.25) is 0 Å². The lowest BCUT2D eigenvalue weighted by atomic mass is 10.1. The van der Waals surface area contributed by atoms with Crippen molar-refractivity contribution in [2.75, 3.05) is 12.2 Å². The Morgan fingerprint density at radius 1 is 1.05 bits per heavy atom. The highest BCUT2D eigenvalue weighted by Gasteiger charge is 2.30. The summed E-state index contributed by atoms with van der Waals surface area (Å²) in [5.74, 6) is 0. The van der Waals surface area contributed by atoms with Crippen LogP contribution in [0, 0.1) is 6.92 Å². The van der Waals surface area contributed by atoms with Crippen LogP contribution in [0.15, 0.2) is 42.5 Å². The van der Waals surface area contributed by atoms with Crippen molar-refractivity contribution in [2.45, 2.75) is 13.1 Å². The third-order valence-electron chi connectivity index (χ3n) is 3.07. The van der Waals surface area contributed by atoms with E-state index in [1.165, 1.54) is 24.3 Å². The molecule has 0 aliphatic carbocycles. The maximum atomic E-state index is 12.6. The van der Waals surface area contributed by atoms with Gasteiger partial charge in [0.15, 0.2) is 0 Å². The number of rotatable bonds is 3. The molecule has 2 nitrogen and oxygen atoms in total. The van der Waals surface area contributed by atoms with Gasteiger partial charge >= 0.3 is 6.18 Å². The van der Waals surface area contributed by atoms with Crippen molar-refractivity contribution >= 4 is 23.0 Å². The van der Waals surface area contributed by atoms with Gasteiger partial charge in [0.05, 0.1) is 24.0 Å². The molecule has 0 radical (unpaired) electrons. The molecule has 0 saturated carbocycles. The molecule has 0 amide bonds. The van der Waals surface area contributed by atoms with Crippen LogP contribution in [0.2, 0.25) is 5.02 Å². The second-order valence-corrected chi connectivity index (χ2v) is 4.81. The van der Waals surface area contributed by atoms with Crippen LogP contribution in [-0.4, -0.2) is 7.11 Å². The first kappa shape index (κ1) is 15.7. The number of benzene rings is 2. The molecule has 0 atom stereocenters. The van der Waals surface area contributed by atoms with Crippen LogP contribution in [0.3, 0.4) is 0 Å². The molecule has 2 rings (SSSR count). The first-order valence-electron chi connectivity index (χ1n) is 6.11. The zero-order valence-corrected chi connectivity index (χ0v) is 12.2. The molecular weight excluding hydrogens is 303 g/mol. The number of nitrogens with zero attached hydrogens (tertiary/aromatic N) is 1. The lowest BCUT2D eigenvalue weighted by Gasteiger charge is -2.24. The van der Waals surface area contributed by atoms with Gasteiger partial charge in [0.1, 0.15) is 0 Å². The predicted molar refractivity (Wildman–Crippen MR) is 76.8 cm³/mol. The lowest BCUT2D eigenvalue weighted by Crippen LogP contribution is -2.16. The Hall–Kier alpha value is -1.72. The van der Waals surface area contributed by atoms with Crippen LogP contribution in [0.5, 0.6) is 0 Å². The first-order chi connectivity index (χ1) is 9.84. The van der Waals surface area contributed by atoms with Crippen LogP contribution in [-0.2, 0) is 11.0 Å². The highest BCUT2D eigenvalue weighted by Crippen LogP contribution is 2.34. The van der Waals surface area contributed by atoms with Crippen molar-refractivity contribution in [1.82, 2.24) is 0 Å². The molecular formula is C15H13ClF3NO. The Kier molecular flexibility index (Phi) is 4.44. The molecule has 6 heteroatoms. The third-order valence-corrected chi connectivity index (χ3v) is 3.48. The fraction of sp³-hybridized carbons (Fsp3) is 0.200. The van der Waals surface area contributed by atoms with E-state index in [0.717, 1.165) is 17.7 Å². The topological polar surface area (TPSA) is 12.5 Å². The molecule has 112 valence electrons. The fourth-order valence-electron chi connectivity index (χ4n) is 1.94. The summed E-state index contributed by atoms with van der Waals surface area (Å²) in [6.45, 7) is 1.81. The molecule has 2 aromatic carbocycles. The van der Waals surface area contributed by atoms with Crippen LogP contribution in [0.25, 0.3) is 0 Å². The summed E-state index contributed by atoms with van der Waals surface area (Å²) in [6.07, 6.45) is -4.36. The van der Waals surface area contributed by atoms with Crippen molar-refractivity contribution in [1.29, 1.82) is 0 Å². The zero-order chi connectivity index (χ0) is 15.6. The smallest absolute Gasteiger partial charge is 0.272 e. The molecule has 0 unspecified atom stereocenters. The van der Waals surface area contributed by atoms with E-state index in [0.29, 0.717) is 16.4 Å². The van der Waals surface area contributed by atoms with E-state index in [1.807, 2.05) is 6.92 Å². The molecule has 0 N–H and O–H groups in total. The minimum Gasteiger partial charge on any atom is -0.272 e. The van der Waals surface area contributed by atoms with E-state index >= 15 is 0 Å². The number of anilines is 2. The summed E-state index contributed by atoms with van der Waals surface area (Å²) < 4.78 is 37.7. The Labute approximate surface area is 125 Å². The molecule has 0 spiro atoms. The van der Waals surface area contributed by atoms with E-state index in [9.17, 15) is 13.2 Å². The maximum Gasteiger partial charge on any atom is 0.416 e. The monoisotopic (exact) mass is 315 g/mol. The van der Waals surface area contributed by atoms with Gasteiger partial charge in [-0.2, -0.15) is 13.2 Å². The summed E-state index contributed by atoms with van der Waals surface area (Å²) >= 11 is 6.06. The summed E-state index contributed by atoms with van der Waals surface area (Å²) in [5, 5.41) is 1.99. The Morgan fingerprint density at radius 2 is 1.67 bits per heavy atom. The van der Waals surface area contributed by atoms with Crippen LogP contribution in [0.1, 0.15) is 11.1 Å². The molecule has 0 saturated heterocycles. The SMILES string of the molecule is CON(c1ccc(C(F)(F)F)cc1)c1cccc(Cl)c1C. The third kappa shape index (κ3) is 3.31. The quantitative estimate of drug-likeness (QED) is 0.706. The number of halogens is 4. The van der Waals surface area contributed by atoms with Gasteiger partial charge in [-0.15, -0.1) is 0 Å². The second-order valence-electron chi connectivity index (χ2n) is 4.41. The average Bonchev–Trinajstić information content (AvgIpc) is 2.44. The van der Waals surface area contributed by atoms with E-state index in [-0.39, 0.29) is 0 Å². The molecule has 0 bridgehead atoms. The Morgan fingerprint density at radius 3 is 2.19 bits per heavy atom. The van der Waals surface area contributed by atoms with Crippen molar-refractivity contribution in [3.8, 4) is 0 Å². The molecule has 0 heterocycles. The van der Waals surface area contributed by atoms with E-state index < -0.39 is 11.7 Å². The maximum absolute atomic E-state index is 12.6. The molecule has 21 heavy (non-hydrogen) atoms. The minimum absolute atomic E-state index is 0.482. The van der Waals surface area contributed by atoms with Gasteiger partial charge < -0.3 is 0 Å². The molecule has 2 aromatic rings. The van der Waals surface area contributed by atoms with Crippen LogP contribution >= 0.6 is 11.6 Å². The normalized spacial score (nSPS) is 11.5. The van der Waals surface area contributed by atoms with Crippen molar-refractivity contribution in [3.05, 3.63) is 58.6 Å². The summed E-state index contributed by atoms with van der Waals surface area (Å²) in [4.78, 5) is 5.28. The van der Waals surface area contributed by atoms with E-state index in [1.54, 1.807) is 18.2 Å². The molecule has 0 aliphatic rings. The average molecular weight is 316 g/mol. The van der Waals surface area contributed by atoms with Gasteiger partial charge in [-0.1, -0.05) is 17.7 Å². The first-order valence-corrected chi connectivity index (χ1v) is 6.49. The number of hydrogen-bond donors (Lipinski definition) is 0. The van der Waals surface area contributed by atoms with Crippen LogP contribution < -0.4 is 5.06 Å². The van der Waals surface area contributed by atoms with Crippen molar-refractivity contribution < 1.29 is 18.0 Å². The summed E-state index contributed by atoms with van der Waals surface area (Å²) in [7, 11) is 1.44. The summed E-state index contributed by atoms with van der Waals surface area (Å²) in [6, 6.07) is 10.0. The van der Waals surface area contributed by atoms with E-state index in [4.69, 9.17) is 16.4 Å². The largest absolute Gasteiger partial charge is 0.416 e. The van der Waals surface area contributed by atoms with E-state index in [2.05, 4.69) is 0 Å². The Bertz CT molecular complexity index is 626. The Balaban J connectivity index is 2.40. The standard InChI is InChI=1S/C15H13ClF3NO/c1-10-13(16)4-3-5-14(10)20(21-2)12-8-6-11(7-9-12)15(17,18)19/h3-9H,1-2H3. The number of hydrogen-bond acceptors (Lipinski definition) is 2. The van der Waals surface area contributed by atoms with Gasteiger partial charge in [-0.3, -0.25) is 4.84 Å².